The van der Waals surface area contributed by atoms with Crippen molar-refractivity contribution in [3.05, 3.63) is 52.8 Å². The fourth-order valence-electron chi connectivity index (χ4n) is 2.66. The predicted molar refractivity (Wildman–Crippen MR) is 89.8 cm³/mol. The van der Waals surface area contributed by atoms with Crippen LogP contribution >= 0.6 is 11.8 Å². The van der Waals surface area contributed by atoms with Gasteiger partial charge in [-0.1, -0.05) is 29.5 Å². The van der Waals surface area contributed by atoms with E-state index in [0.717, 1.165) is 16.7 Å². The maximum Gasteiger partial charge on any atom is 0.209 e. The highest BCUT2D eigenvalue weighted by Gasteiger charge is 2.15. The van der Waals surface area contributed by atoms with Gasteiger partial charge in [-0.15, -0.1) is 5.10 Å². The van der Waals surface area contributed by atoms with E-state index in [1.165, 1.54) is 17.3 Å². The Morgan fingerprint density at radius 2 is 2.00 bits per heavy atom. The van der Waals surface area contributed by atoms with E-state index < -0.39 is 0 Å². The zero-order valence-corrected chi connectivity index (χ0v) is 14.0. The molecular weight excluding hydrogens is 310 g/mol. The minimum absolute atomic E-state index is 0.0920. The normalized spacial score (nSPS) is 10.9. The van der Waals surface area contributed by atoms with Crippen LogP contribution in [-0.2, 0) is 0 Å². The molecule has 0 saturated heterocycles. The van der Waals surface area contributed by atoms with Crippen molar-refractivity contribution in [1.29, 1.82) is 0 Å². The summed E-state index contributed by atoms with van der Waals surface area (Å²) in [5, 5.41) is 7.46. The van der Waals surface area contributed by atoms with Crippen LogP contribution in [0.1, 0.15) is 27.0 Å². The van der Waals surface area contributed by atoms with Crippen LogP contribution in [0.5, 0.6) is 0 Å². The third kappa shape index (κ3) is 3.37. The summed E-state index contributed by atoms with van der Waals surface area (Å²) < 4.78 is 5.26. The molecule has 5 nitrogen and oxygen atoms in total. The summed E-state index contributed by atoms with van der Waals surface area (Å²) >= 11 is 1.32. The summed E-state index contributed by atoms with van der Waals surface area (Å²) in [5.41, 5.74) is 3.99. The summed E-state index contributed by atoms with van der Waals surface area (Å²) in [7, 11) is 0. The molecular formula is C17H17N3O2S. The van der Waals surface area contributed by atoms with Crippen LogP contribution in [0.4, 0.5) is 0 Å². The average molecular weight is 327 g/mol. The summed E-state index contributed by atoms with van der Waals surface area (Å²) in [6.45, 7) is 5.98. The van der Waals surface area contributed by atoms with Gasteiger partial charge in [0.25, 0.3) is 0 Å². The van der Waals surface area contributed by atoms with Gasteiger partial charge in [-0.05, 0) is 44.0 Å². The van der Waals surface area contributed by atoms with Crippen molar-refractivity contribution in [3.63, 3.8) is 0 Å². The SMILES string of the molecule is Cc1cc(C)c(C(=O)CSc2n[nH]c(-c3ccco3)n2)c(C)c1. The largest absolute Gasteiger partial charge is 0.461 e. The van der Waals surface area contributed by atoms with Crippen molar-refractivity contribution in [2.24, 2.45) is 0 Å². The monoisotopic (exact) mass is 327 g/mol. The molecule has 23 heavy (non-hydrogen) atoms. The molecule has 0 unspecified atom stereocenters. The third-order valence-corrected chi connectivity index (χ3v) is 4.35. The standard InChI is InChI=1S/C17H17N3O2S/c1-10-7-11(2)15(12(3)8-10)13(21)9-23-17-18-16(19-20-17)14-5-4-6-22-14/h4-8H,9H2,1-3H3,(H,18,19,20). The Morgan fingerprint density at radius 3 is 2.65 bits per heavy atom. The molecule has 0 fully saturated rings. The zero-order valence-electron chi connectivity index (χ0n) is 13.2. The summed E-state index contributed by atoms with van der Waals surface area (Å²) in [5.74, 6) is 1.59. The molecule has 6 heteroatoms. The minimum Gasteiger partial charge on any atom is -0.461 e. The first kappa shape index (κ1) is 15.6. The van der Waals surface area contributed by atoms with Gasteiger partial charge < -0.3 is 4.42 Å². The van der Waals surface area contributed by atoms with Crippen LogP contribution in [0.2, 0.25) is 0 Å². The molecule has 0 saturated carbocycles. The van der Waals surface area contributed by atoms with Crippen LogP contribution < -0.4 is 0 Å². The van der Waals surface area contributed by atoms with Crippen LogP contribution in [0.15, 0.2) is 40.1 Å². The van der Waals surface area contributed by atoms with E-state index in [-0.39, 0.29) is 5.78 Å². The van der Waals surface area contributed by atoms with Gasteiger partial charge in [0.15, 0.2) is 17.4 Å². The predicted octanol–water partition coefficient (Wildman–Crippen LogP) is 3.96. The van der Waals surface area contributed by atoms with E-state index in [1.54, 1.807) is 18.4 Å². The van der Waals surface area contributed by atoms with Gasteiger partial charge in [0.1, 0.15) is 0 Å². The number of Topliss-reactive ketones (excluding diaryl/α,β-unsaturated/α-hetero) is 1. The molecule has 0 aliphatic heterocycles. The van der Waals surface area contributed by atoms with E-state index >= 15 is 0 Å². The number of aromatic nitrogens is 3. The van der Waals surface area contributed by atoms with Crippen molar-refractivity contribution in [3.8, 4) is 11.6 Å². The lowest BCUT2D eigenvalue weighted by Gasteiger charge is -2.09. The second-order valence-electron chi connectivity index (χ2n) is 5.43. The topological polar surface area (TPSA) is 71.8 Å². The number of hydrogen-bond donors (Lipinski definition) is 1. The Bertz CT molecular complexity index is 814. The number of aromatic amines is 1. The van der Waals surface area contributed by atoms with Crippen molar-refractivity contribution in [1.82, 2.24) is 15.2 Å². The molecule has 2 aromatic heterocycles. The highest BCUT2D eigenvalue weighted by molar-refractivity contribution is 7.99. The highest BCUT2D eigenvalue weighted by atomic mass is 32.2. The number of furan rings is 1. The average Bonchev–Trinajstić information content (AvgIpc) is 3.15. The second-order valence-corrected chi connectivity index (χ2v) is 6.37. The molecule has 3 aromatic rings. The van der Waals surface area contributed by atoms with Crippen LogP contribution in [0.25, 0.3) is 11.6 Å². The number of thioether (sulfide) groups is 1. The van der Waals surface area contributed by atoms with E-state index in [2.05, 4.69) is 15.2 Å². The maximum absolute atomic E-state index is 12.5. The third-order valence-electron chi connectivity index (χ3n) is 3.51. The molecule has 0 radical (unpaired) electrons. The molecule has 0 amide bonds. The molecule has 0 atom stereocenters. The number of nitrogens with zero attached hydrogens (tertiary/aromatic N) is 2. The lowest BCUT2D eigenvalue weighted by molar-refractivity contribution is 0.102. The number of carbonyl (C=O) groups excluding carboxylic acids is 1. The van der Waals surface area contributed by atoms with Crippen LogP contribution in [0.3, 0.4) is 0 Å². The van der Waals surface area contributed by atoms with Crippen molar-refractivity contribution in [2.45, 2.75) is 25.9 Å². The molecule has 3 rings (SSSR count). The Kier molecular flexibility index (Phi) is 4.34. The number of aryl methyl sites for hydroxylation is 3. The first-order valence-corrected chi connectivity index (χ1v) is 8.23. The van der Waals surface area contributed by atoms with E-state index in [4.69, 9.17) is 4.42 Å². The van der Waals surface area contributed by atoms with Gasteiger partial charge in [-0.3, -0.25) is 9.89 Å². The Morgan fingerprint density at radius 1 is 1.26 bits per heavy atom. The molecule has 1 aromatic carbocycles. The number of rotatable bonds is 5. The Hall–Kier alpha value is -2.34. The minimum atomic E-state index is 0.0920. The van der Waals surface area contributed by atoms with Crippen molar-refractivity contribution in [2.75, 3.05) is 5.75 Å². The lowest BCUT2D eigenvalue weighted by atomic mass is 9.97. The highest BCUT2D eigenvalue weighted by Crippen LogP contribution is 2.22. The number of benzene rings is 1. The number of H-pyrrole nitrogens is 1. The number of nitrogens with one attached hydrogen (secondary N) is 1. The number of ketones is 1. The molecule has 0 spiro atoms. The van der Waals surface area contributed by atoms with Crippen LogP contribution in [-0.4, -0.2) is 26.7 Å². The molecule has 0 aliphatic carbocycles. The molecule has 0 bridgehead atoms. The van der Waals surface area contributed by atoms with Crippen molar-refractivity contribution >= 4 is 17.5 Å². The van der Waals surface area contributed by atoms with Crippen LogP contribution in [0, 0.1) is 20.8 Å². The van der Waals surface area contributed by atoms with Gasteiger partial charge in [-0.25, -0.2) is 0 Å². The van der Waals surface area contributed by atoms with E-state index in [0.29, 0.717) is 22.5 Å². The number of hydrogen-bond acceptors (Lipinski definition) is 5. The molecule has 118 valence electrons. The Balaban J connectivity index is 1.70. The van der Waals surface area contributed by atoms with Crippen molar-refractivity contribution < 1.29 is 9.21 Å². The molecule has 2 heterocycles. The smallest absolute Gasteiger partial charge is 0.209 e. The zero-order chi connectivity index (χ0) is 16.4. The quantitative estimate of drug-likeness (QED) is 0.567. The lowest BCUT2D eigenvalue weighted by Crippen LogP contribution is -2.08. The Labute approximate surface area is 138 Å². The fourth-order valence-corrected chi connectivity index (χ4v) is 3.33. The molecule has 0 aliphatic rings. The number of carbonyl (C=O) groups is 1. The summed E-state index contributed by atoms with van der Waals surface area (Å²) in [4.78, 5) is 16.8. The maximum atomic E-state index is 12.5. The van der Waals surface area contributed by atoms with Gasteiger partial charge in [0.05, 0.1) is 12.0 Å². The van der Waals surface area contributed by atoms with Gasteiger partial charge in [0.2, 0.25) is 5.16 Å². The first-order valence-electron chi connectivity index (χ1n) is 7.24. The van der Waals surface area contributed by atoms with Gasteiger partial charge >= 0.3 is 0 Å². The van der Waals surface area contributed by atoms with E-state index in [9.17, 15) is 4.79 Å². The fraction of sp³-hybridized carbons (Fsp3) is 0.235. The van der Waals surface area contributed by atoms with Gasteiger partial charge in [-0.2, -0.15) is 4.98 Å². The first-order chi connectivity index (χ1) is 11.0. The summed E-state index contributed by atoms with van der Waals surface area (Å²) in [6.07, 6.45) is 1.58. The van der Waals surface area contributed by atoms with E-state index in [1.807, 2.05) is 32.9 Å². The van der Waals surface area contributed by atoms with Gasteiger partial charge in [0, 0.05) is 5.56 Å². The molecule has 1 N–H and O–H groups in total. The summed E-state index contributed by atoms with van der Waals surface area (Å²) in [6, 6.07) is 7.66. The second kappa shape index (κ2) is 6.42.